The Morgan fingerprint density at radius 2 is 1.89 bits per heavy atom. The number of rotatable bonds is 13. The molecule has 0 radical (unpaired) electrons. The summed E-state index contributed by atoms with van der Waals surface area (Å²) >= 11 is 1.52. The molecule has 6 rings (SSSR count). The smallest absolute Gasteiger partial charge is 0.230 e. The van der Waals surface area contributed by atoms with E-state index in [1.807, 2.05) is 101 Å². The number of fused-ring (bicyclic) bond motifs is 1. The minimum Gasteiger partial charge on any atom is -0.492 e. The molecule has 0 saturated carbocycles. The number of anilines is 2. The number of hydrogen-bond acceptors (Lipinski definition) is 8. The van der Waals surface area contributed by atoms with Crippen LogP contribution in [0, 0.1) is 0 Å². The summed E-state index contributed by atoms with van der Waals surface area (Å²) in [6.07, 6.45) is 3.65. The van der Waals surface area contributed by atoms with Crippen molar-refractivity contribution in [3.05, 3.63) is 113 Å². The molecule has 0 fully saturated rings. The van der Waals surface area contributed by atoms with Gasteiger partial charge in [-0.25, -0.2) is 14.5 Å². The van der Waals surface area contributed by atoms with Gasteiger partial charge in [-0.15, -0.1) is 11.3 Å². The lowest BCUT2D eigenvalue weighted by atomic mass is 9.93. The van der Waals surface area contributed by atoms with Crippen molar-refractivity contribution >= 4 is 34.4 Å². The van der Waals surface area contributed by atoms with Crippen LogP contribution in [0.2, 0.25) is 0 Å². The molecule has 0 bridgehead atoms. The number of likely N-dealkylation sites (N-methyl/N-ethyl adjacent to an activating group) is 1. The molecule has 0 spiro atoms. The van der Waals surface area contributed by atoms with E-state index in [2.05, 4.69) is 29.0 Å². The number of primary amides is 1. The Bertz CT molecular complexity index is 1900. The molecule has 4 aromatic heterocycles. The molecular weight excluding hydrogens is 582 g/mol. The maximum absolute atomic E-state index is 12.6. The average molecular weight is 618 g/mol. The first-order valence-electron chi connectivity index (χ1n) is 15.0. The summed E-state index contributed by atoms with van der Waals surface area (Å²) in [7, 11) is 0. The third-order valence-electron chi connectivity index (χ3n) is 7.72. The van der Waals surface area contributed by atoms with Crippen LogP contribution in [0.3, 0.4) is 0 Å². The van der Waals surface area contributed by atoms with Crippen molar-refractivity contribution in [3.63, 3.8) is 0 Å². The van der Waals surface area contributed by atoms with Crippen LogP contribution in [0.5, 0.6) is 5.75 Å². The summed E-state index contributed by atoms with van der Waals surface area (Å²) in [6, 6.07) is 27.3. The molecule has 4 heterocycles. The highest BCUT2D eigenvalue weighted by Crippen LogP contribution is 2.37. The van der Waals surface area contributed by atoms with Gasteiger partial charge in [0.05, 0.1) is 22.7 Å². The number of pyridine rings is 1. The van der Waals surface area contributed by atoms with Crippen LogP contribution in [-0.2, 0) is 4.79 Å². The minimum atomic E-state index is -0.544. The van der Waals surface area contributed by atoms with E-state index >= 15 is 0 Å². The number of benzene rings is 2. The third-order valence-corrected chi connectivity index (χ3v) is 8.66. The molecule has 2 aromatic carbocycles. The minimum absolute atomic E-state index is 0.394. The molecule has 6 aromatic rings. The second-order valence-electron chi connectivity index (χ2n) is 10.5. The molecule has 9 nitrogen and oxygen atoms in total. The lowest BCUT2D eigenvalue weighted by molar-refractivity contribution is -0.118. The molecule has 1 atom stereocenters. The van der Waals surface area contributed by atoms with Gasteiger partial charge in [-0.05, 0) is 66.5 Å². The van der Waals surface area contributed by atoms with E-state index in [0.717, 1.165) is 63.8 Å². The summed E-state index contributed by atoms with van der Waals surface area (Å²) in [6.45, 7) is 7.79. The predicted octanol–water partition coefficient (Wildman–Crippen LogP) is 6.60. The van der Waals surface area contributed by atoms with Gasteiger partial charge in [0.2, 0.25) is 11.9 Å². The zero-order chi connectivity index (χ0) is 31.2. The summed E-state index contributed by atoms with van der Waals surface area (Å²) in [5, 5.41) is 10.2. The van der Waals surface area contributed by atoms with Crippen LogP contribution >= 0.6 is 11.3 Å². The van der Waals surface area contributed by atoms with Crippen molar-refractivity contribution in [1.29, 1.82) is 0 Å². The van der Waals surface area contributed by atoms with Crippen molar-refractivity contribution in [1.82, 2.24) is 24.5 Å². The number of nitrogens with zero attached hydrogens (tertiary/aromatic N) is 5. The fraction of sp³-hybridized carbons (Fsp3) is 0.200. The standard InChI is InChI=1S/C35H35N7O2S/c1-3-41(4-2)19-20-44-27-13-8-12-26(23-27)38-35-37-17-16-28(39-35)32-29-14-5-6-18-42(29)40-33(32)25-11-7-10-24(22-25)31(34(36)43)30-15-9-21-45-30/h5-18,21-23,31H,3-4,19-20H2,1-2H3,(H2,36,43)(H,37,38,39). The Hall–Kier alpha value is -5.06. The van der Waals surface area contributed by atoms with E-state index < -0.39 is 11.8 Å². The van der Waals surface area contributed by atoms with Crippen molar-refractivity contribution in [3.8, 4) is 28.3 Å². The first-order chi connectivity index (χ1) is 22.0. The van der Waals surface area contributed by atoms with E-state index in [0.29, 0.717) is 18.2 Å². The zero-order valence-electron chi connectivity index (χ0n) is 25.3. The van der Waals surface area contributed by atoms with Gasteiger partial charge in [0.25, 0.3) is 0 Å². The second kappa shape index (κ2) is 13.7. The number of aromatic nitrogens is 4. The Morgan fingerprint density at radius 3 is 2.69 bits per heavy atom. The van der Waals surface area contributed by atoms with Crippen LogP contribution in [0.1, 0.15) is 30.2 Å². The predicted molar refractivity (Wildman–Crippen MR) is 180 cm³/mol. The molecular formula is C35H35N7O2S. The lowest BCUT2D eigenvalue weighted by Gasteiger charge is -2.18. The highest BCUT2D eigenvalue weighted by Gasteiger charge is 2.24. The zero-order valence-corrected chi connectivity index (χ0v) is 26.1. The molecule has 45 heavy (non-hydrogen) atoms. The van der Waals surface area contributed by atoms with Gasteiger partial charge in [0.1, 0.15) is 18.1 Å². The van der Waals surface area contributed by atoms with Crippen LogP contribution in [-0.4, -0.2) is 56.6 Å². The van der Waals surface area contributed by atoms with E-state index in [-0.39, 0.29) is 0 Å². The second-order valence-corrected chi connectivity index (χ2v) is 11.5. The molecule has 228 valence electrons. The summed E-state index contributed by atoms with van der Waals surface area (Å²) in [5.74, 6) is 0.297. The average Bonchev–Trinajstić information content (AvgIpc) is 3.72. The van der Waals surface area contributed by atoms with Crippen molar-refractivity contribution < 1.29 is 9.53 Å². The SMILES string of the molecule is CCN(CC)CCOc1cccc(Nc2nccc(-c3c(-c4cccc(C(C(N)=O)c5cccs5)c4)nn4ccccc34)n2)c1. The Balaban J connectivity index is 1.32. The number of nitrogens with one attached hydrogen (secondary N) is 1. The first-order valence-corrected chi connectivity index (χ1v) is 15.9. The van der Waals surface area contributed by atoms with E-state index in [1.165, 1.54) is 11.3 Å². The maximum Gasteiger partial charge on any atom is 0.230 e. The molecule has 10 heteroatoms. The highest BCUT2D eigenvalue weighted by atomic mass is 32.1. The summed E-state index contributed by atoms with van der Waals surface area (Å²) in [4.78, 5) is 25.2. The van der Waals surface area contributed by atoms with Gasteiger partial charge >= 0.3 is 0 Å². The van der Waals surface area contributed by atoms with Crippen LogP contribution in [0.25, 0.3) is 28.0 Å². The van der Waals surface area contributed by atoms with Crippen LogP contribution in [0.4, 0.5) is 11.6 Å². The topological polar surface area (TPSA) is 111 Å². The number of carbonyl (C=O) groups excluding carboxylic acids is 1. The first kappa shape index (κ1) is 30.0. The van der Waals surface area contributed by atoms with Gasteiger partial charge in [-0.3, -0.25) is 4.79 Å². The number of ether oxygens (including phenoxy) is 1. The molecule has 1 amide bonds. The highest BCUT2D eigenvalue weighted by molar-refractivity contribution is 7.10. The van der Waals surface area contributed by atoms with Crippen molar-refractivity contribution in [2.24, 2.45) is 5.73 Å². The normalized spacial score (nSPS) is 12.0. The number of nitrogens with two attached hydrogens (primary N) is 1. The van der Waals surface area contributed by atoms with Crippen LogP contribution in [0.15, 0.2) is 103 Å². The van der Waals surface area contributed by atoms with Crippen molar-refractivity contribution in [2.75, 3.05) is 31.6 Å². The molecule has 3 N–H and O–H groups in total. The summed E-state index contributed by atoms with van der Waals surface area (Å²) in [5.41, 5.74) is 11.6. The Kier molecular flexibility index (Phi) is 9.14. The molecule has 1 unspecified atom stereocenters. The fourth-order valence-electron chi connectivity index (χ4n) is 5.43. The van der Waals surface area contributed by atoms with E-state index in [4.69, 9.17) is 20.6 Å². The van der Waals surface area contributed by atoms with Gasteiger partial charge < -0.3 is 20.7 Å². The van der Waals surface area contributed by atoms with E-state index in [9.17, 15) is 4.79 Å². The number of hydrogen-bond donors (Lipinski definition) is 2. The van der Waals surface area contributed by atoms with Gasteiger partial charge in [-0.1, -0.05) is 50.2 Å². The Labute approximate surface area is 266 Å². The lowest BCUT2D eigenvalue weighted by Crippen LogP contribution is -2.27. The molecule has 0 aliphatic rings. The molecule has 0 saturated heterocycles. The largest absolute Gasteiger partial charge is 0.492 e. The Morgan fingerprint density at radius 1 is 1.02 bits per heavy atom. The third kappa shape index (κ3) is 6.72. The monoisotopic (exact) mass is 617 g/mol. The number of amides is 1. The molecule has 0 aliphatic carbocycles. The van der Waals surface area contributed by atoms with Gasteiger partial charge in [0, 0.05) is 41.1 Å². The maximum atomic E-state index is 12.6. The van der Waals surface area contributed by atoms with E-state index in [1.54, 1.807) is 6.20 Å². The summed E-state index contributed by atoms with van der Waals surface area (Å²) < 4.78 is 7.86. The molecule has 0 aliphatic heterocycles. The fourth-order valence-corrected chi connectivity index (χ4v) is 6.29. The number of carbonyl (C=O) groups is 1. The number of thiophene rings is 1. The van der Waals surface area contributed by atoms with Crippen molar-refractivity contribution in [2.45, 2.75) is 19.8 Å². The van der Waals surface area contributed by atoms with Gasteiger partial charge in [0.15, 0.2) is 0 Å². The van der Waals surface area contributed by atoms with Crippen LogP contribution < -0.4 is 15.8 Å². The van der Waals surface area contributed by atoms with Gasteiger partial charge in [-0.2, -0.15) is 5.10 Å². The quantitative estimate of drug-likeness (QED) is 0.150.